The van der Waals surface area contributed by atoms with Crippen molar-refractivity contribution in [2.24, 2.45) is 0 Å². The van der Waals surface area contributed by atoms with Crippen LogP contribution in [-0.2, 0) is 4.79 Å². The molecule has 208 valence electrons. The number of rotatable bonds is 9. The van der Waals surface area contributed by atoms with Crippen LogP contribution in [0, 0.1) is 30.9 Å². The van der Waals surface area contributed by atoms with E-state index in [2.05, 4.69) is 4.57 Å². The fraction of sp³-hybridized carbons (Fsp3) is 0.161. The number of thioether (sulfide) groups is 1. The molecule has 4 aromatic rings. The Bertz CT molecular complexity index is 1640. The van der Waals surface area contributed by atoms with Crippen LogP contribution in [0.1, 0.15) is 22.5 Å². The third kappa shape index (κ3) is 6.39. The van der Waals surface area contributed by atoms with Crippen molar-refractivity contribution in [1.82, 2.24) is 9.47 Å². The Labute approximate surface area is 246 Å². The highest BCUT2D eigenvalue weighted by atomic mass is 32.2. The fourth-order valence-electron chi connectivity index (χ4n) is 4.49. The monoisotopic (exact) mass is 585 g/mol. The molecule has 3 aromatic carbocycles. The molecule has 0 atom stereocenters. The van der Waals surface area contributed by atoms with Crippen LogP contribution in [0.15, 0.2) is 93.6 Å². The van der Waals surface area contributed by atoms with Gasteiger partial charge in [-0.3, -0.25) is 24.6 Å². The molecule has 5 rings (SSSR count). The van der Waals surface area contributed by atoms with E-state index in [9.17, 15) is 19.7 Å². The number of ether oxygens (including phenoxy) is 1. The van der Waals surface area contributed by atoms with Crippen LogP contribution in [0.3, 0.4) is 0 Å². The van der Waals surface area contributed by atoms with E-state index in [1.54, 1.807) is 18.2 Å². The summed E-state index contributed by atoms with van der Waals surface area (Å²) in [5, 5.41) is 10.6. The molecule has 1 fully saturated rings. The highest BCUT2D eigenvalue weighted by Crippen LogP contribution is 2.34. The van der Waals surface area contributed by atoms with Crippen molar-refractivity contribution in [2.45, 2.75) is 30.6 Å². The number of nitro benzene ring substituents is 1. The summed E-state index contributed by atoms with van der Waals surface area (Å²) < 4.78 is 7.81. The average molecular weight is 586 g/mol. The highest BCUT2D eigenvalue weighted by molar-refractivity contribution is 8.18. The zero-order valence-electron chi connectivity index (χ0n) is 22.7. The second-order valence-electron chi connectivity index (χ2n) is 9.50. The Balaban J connectivity index is 1.26. The van der Waals surface area contributed by atoms with Crippen LogP contribution in [0.25, 0.3) is 11.8 Å². The standard InChI is InChI=1S/C31H27N3O5S2/c1-20-4-10-26(11-5-20)39-17-16-32-30(35)29(41-31(32)36)19-23-18-21(2)33(22(23)3)24-6-12-27(13-7-24)40-28-14-8-25(9-15-28)34(37)38/h4-15,18-19H,16-17H2,1-3H3/b29-19-. The summed E-state index contributed by atoms with van der Waals surface area (Å²) in [6, 6.07) is 24.1. The second-order valence-corrected chi connectivity index (χ2v) is 11.6. The zero-order valence-corrected chi connectivity index (χ0v) is 24.3. The first-order valence-electron chi connectivity index (χ1n) is 12.9. The molecule has 0 saturated carbocycles. The van der Waals surface area contributed by atoms with E-state index in [0.29, 0.717) is 10.7 Å². The van der Waals surface area contributed by atoms with Crippen LogP contribution in [0.5, 0.6) is 5.75 Å². The highest BCUT2D eigenvalue weighted by Gasteiger charge is 2.35. The van der Waals surface area contributed by atoms with Gasteiger partial charge in [-0.15, -0.1) is 0 Å². The number of carbonyl (C=O) groups excluding carboxylic acids is 2. The molecule has 0 N–H and O–H groups in total. The van der Waals surface area contributed by atoms with Gasteiger partial charge in [0.2, 0.25) is 0 Å². The van der Waals surface area contributed by atoms with Gasteiger partial charge in [0.25, 0.3) is 16.8 Å². The molecule has 0 aliphatic carbocycles. The Morgan fingerprint density at radius 3 is 2.20 bits per heavy atom. The van der Waals surface area contributed by atoms with Crippen LogP contribution in [0.2, 0.25) is 0 Å². The molecule has 8 nitrogen and oxygen atoms in total. The maximum Gasteiger partial charge on any atom is 0.293 e. The molecule has 0 bridgehead atoms. The molecule has 1 saturated heterocycles. The maximum atomic E-state index is 13.0. The van der Waals surface area contributed by atoms with Gasteiger partial charge in [0.1, 0.15) is 12.4 Å². The summed E-state index contributed by atoms with van der Waals surface area (Å²) in [5.41, 5.74) is 4.98. The number of aromatic nitrogens is 1. The van der Waals surface area contributed by atoms with Gasteiger partial charge >= 0.3 is 0 Å². The molecule has 0 radical (unpaired) electrons. The predicted octanol–water partition coefficient (Wildman–Crippen LogP) is 7.58. The first kappa shape index (κ1) is 28.3. The van der Waals surface area contributed by atoms with Crippen LogP contribution >= 0.6 is 23.5 Å². The number of amides is 2. The normalized spacial score (nSPS) is 14.2. The van der Waals surface area contributed by atoms with Gasteiger partial charge in [0.05, 0.1) is 16.4 Å². The minimum atomic E-state index is -0.410. The van der Waals surface area contributed by atoms with Crippen molar-refractivity contribution in [3.63, 3.8) is 0 Å². The summed E-state index contributed by atoms with van der Waals surface area (Å²) in [4.78, 5) is 39.6. The molecular formula is C31H27N3O5S2. The van der Waals surface area contributed by atoms with Crippen LogP contribution in [0.4, 0.5) is 10.5 Å². The molecule has 1 aromatic heterocycles. The van der Waals surface area contributed by atoms with E-state index in [4.69, 9.17) is 4.74 Å². The Morgan fingerprint density at radius 2 is 1.56 bits per heavy atom. The summed E-state index contributed by atoms with van der Waals surface area (Å²) >= 11 is 2.47. The van der Waals surface area contributed by atoms with E-state index >= 15 is 0 Å². The smallest absolute Gasteiger partial charge is 0.293 e. The van der Waals surface area contributed by atoms with Crippen molar-refractivity contribution < 1.29 is 19.2 Å². The molecule has 41 heavy (non-hydrogen) atoms. The summed E-state index contributed by atoms with van der Waals surface area (Å²) in [6.07, 6.45) is 1.78. The van der Waals surface area contributed by atoms with Crippen molar-refractivity contribution in [1.29, 1.82) is 0 Å². The Hall–Kier alpha value is -4.28. The molecule has 2 heterocycles. The fourth-order valence-corrected chi connectivity index (χ4v) is 6.16. The summed E-state index contributed by atoms with van der Waals surface area (Å²) in [6.45, 7) is 6.38. The van der Waals surface area contributed by atoms with Crippen molar-refractivity contribution >= 4 is 46.4 Å². The number of imide groups is 1. The first-order chi connectivity index (χ1) is 19.7. The van der Waals surface area contributed by atoms with Gasteiger partial charge in [0, 0.05) is 39.0 Å². The van der Waals surface area contributed by atoms with Crippen LogP contribution < -0.4 is 4.74 Å². The maximum absolute atomic E-state index is 13.0. The summed E-state index contributed by atoms with van der Waals surface area (Å²) in [5.74, 6) is 0.383. The second kappa shape index (κ2) is 12.1. The van der Waals surface area contributed by atoms with E-state index < -0.39 is 4.92 Å². The molecule has 0 unspecified atom stereocenters. The lowest BCUT2D eigenvalue weighted by atomic mass is 10.2. The number of nitrogens with zero attached hydrogens (tertiary/aromatic N) is 3. The summed E-state index contributed by atoms with van der Waals surface area (Å²) in [7, 11) is 0. The molecule has 1 aliphatic rings. The van der Waals surface area contributed by atoms with E-state index in [1.807, 2.05) is 75.4 Å². The number of nitro groups is 1. The molecule has 0 spiro atoms. The number of carbonyl (C=O) groups is 2. The van der Waals surface area contributed by atoms with E-state index in [0.717, 1.165) is 49.8 Å². The van der Waals surface area contributed by atoms with E-state index in [1.165, 1.54) is 28.8 Å². The van der Waals surface area contributed by atoms with Gasteiger partial charge < -0.3 is 9.30 Å². The third-order valence-electron chi connectivity index (χ3n) is 6.61. The van der Waals surface area contributed by atoms with Gasteiger partial charge in [0.15, 0.2) is 0 Å². The van der Waals surface area contributed by atoms with Crippen LogP contribution in [-0.4, -0.2) is 38.7 Å². The number of non-ortho nitro benzene ring substituents is 1. The number of aryl methyl sites for hydroxylation is 2. The first-order valence-corrected chi connectivity index (χ1v) is 14.5. The zero-order chi connectivity index (χ0) is 29.1. The number of hydrogen-bond donors (Lipinski definition) is 0. The largest absolute Gasteiger partial charge is 0.492 e. The molecular weight excluding hydrogens is 558 g/mol. The lowest BCUT2D eigenvalue weighted by Gasteiger charge is -2.13. The van der Waals surface area contributed by atoms with Crippen molar-refractivity contribution in [2.75, 3.05) is 13.2 Å². The Kier molecular flexibility index (Phi) is 8.32. The van der Waals surface area contributed by atoms with Gasteiger partial charge in [-0.05, 0) is 98.8 Å². The van der Waals surface area contributed by atoms with Crippen molar-refractivity contribution in [3.05, 3.63) is 116 Å². The quantitative estimate of drug-likeness (QED) is 0.114. The topological polar surface area (TPSA) is 94.7 Å². The lowest BCUT2D eigenvalue weighted by Crippen LogP contribution is -2.32. The van der Waals surface area contributed by atoms with Gasteiger partial charge in [-0.1, -0.05) is 29.5 Å². The Morgan fingerprint density at radius 1 is 0.927 bits per heavy atom. The minimum absolute atomic E-state index is 0.0657. The number of benzene rings is 3. The van der Waals surface area contributed by atoms with Gasteiger partial charge in [-0.25, -0.2) is 0 Å². The molecule has 10 heteroatoms. The predicted molar refractivity (Wildman–Crippen MR) is 162 cm³/mol. The SMILES string of the molecule is Cc1ccc(OCCN2C(=O)S/C(=C\c3cc(C)n(-c4ccc(Sc5ccc([N+](=O)[O-])cc5)cc4)c3C)C2=O)cc1. The average Bonchev–Trinajstić information content (AvgIpc) is 3.38. The minimum Gasteiger partial charge on any atom is -0.492 e. The van der Waals surface area contributed by atoms with Gasteiger partial charge in [-0.2, -0.15) is 0 Å². The molecule has 2 amide bonds. The lowest BCUT2D eigenvalue weighted by molar-refractivity contribution is -0.384. The molecule has 1 aliphatic heterocycles. The third-order valence-corrected chi connectivity index (χ3v) is 8.54. The van der Waals surface area contributed by atoms with Crippen molar-refractivity contribution in [3.8, 4) is 11.4 Å². The van der Waals surface area contributed by atoms with E-state index in [-0.39, 0.29) is 30.0 Å². The number of hydrogen-bond acceptors (Lipinski definition) is 7.